The Balaban J connectivity index is 2.39. The van der Waals surface area contributed by atoms with Gasteiger partial charge in [0.25, 0.3) is 5.82 Å². The quantitative estimate of drug-likeness (QED) is 0.456. The Kier molecular flexibility index (Phi) is 4.89. The van der Waals surface area contributed by atoms with E-state index in [4.69, 9.17) is 0 Å². The summed E-state index contributed by atoms with van der Waals surface area (Å²) in [5.41, 5.74) is 0.0727. The van der Waals surface area contributed by atoms with Crippen molar-refractivity contribution in [3.05, 3.63) is 28.4 Å². The number of pyridine rings is 1. The molecule has 1 heterocycles. The van der Waals surface area contributed by atoms with Crippen molar-refractivity contribution in [3.63, 3.8) is 0 Å². The van der Waals surface area contributed by atoms with Gasteiger partial charge in [-0.2, -0.15) is 11.8 Å². The molecule has 6 heteroatoms. The van der Waals surface area contributed by atoms with Crippen LogP contribution in [-0.2, 0) is 0 Å². The highest BCUT2D eigenvalue weighted by Gasteiger charge is 2.08. The van der Waals surface area contributed by atoms with E-state index in [9.17, 15) is 10.1 Å². The van der Waals surface area contributed by atoms with E-state index in [1.54, 1.807) is 6.07 Å². The Morgan fingerprint density at radius 3 is 2.93 bits per heavy atom. The second-order valence-corrected chi connectivity index (χ2v) is 4.24. The predicted molar refractivity (Wildman–Crippen MR) is 61.1 cm³/mol. The number of nitro groups is 1. The molecule has 0 atom stereocenters. The molecule has 82 valence electrons. The summed E-state index contributed by atoms with van der Waals surface area (Å²) in [6.07, 6.45) is 1.38. The SMILES string of the molecule is CCSCCNc1ccc([N+](=O)[O-])c[nH+]1. The number of aromatic amines is 1. The molecular weight excluding hydrogens is 214 g/mol. The minimum atomic E-state index is -0.423. The fourth-order valence-corrected chi connectivity index (χ4v) is 1.58. The van der Waals surface area contributed by atoms with Crippen LogP contribution >= 0.6 is 11.8 Å². The van der Waals surface area contributed by atoms with Gasteiger partial charge in [-0.25, -0.2) is 4.98 Å². The molecule has 1 aromatic heterocycles. The zero-order valence-corrected chi connectivity index (χ0v) is 9.34. The van der Waals surface area contributed by atoms with Gasteiger partial charge in [0, 0.05) is 17.9 Å². The van der Waals surface area contributed by atoms with Crippen molar-refractivity contribution in [2.45, 2.75) is 6.92 Å². The van der Waals surface area contributed by atoms with E-state index in [-0.39, 0.29) is 5.69 Å². The summed E-state index contributed by atoms with van der Waals surface area (Å²) in [7, 11) is 0. The molecule has 0 aromatic carbocycles. The zero-order valence-electron chi connectivity index (χ0n) is 8.53. The lowest BCUT2D eigenvalue weighted by Gasteiger charge is -1.97. The summed E-state index contributed by atoms with van der Waals surface area (Å²) in [6, 6.07) is 3.15. The van der Waals surface area contributed by atoms with Crippen LogP contribution in [0.3, 0.4) is 0 Å². The molecule has 0 amide bonds. The van der Waals surface area contributed by atoms with Crippen LogP contribution in [0.5, 0.6) is 0 Å². The molecule has 0 saturated carbocycles. The summed E-state index contributed by atoms with van der Waals surface area (Å²) in [5, 5.41) is 13.5. The summed E-state index contributed by atoms with van der Waals surface area (Å²) in [4.78, 5) is 12.8. The van der Waals surface area contributed by atoms with Crippen molar-refractivity contribution < 1.29 is 9.91 Å². The molecular formula is C9H14N3O2S+. The van der Waals surface area contributed by atoms with Crippen LogP contribution in [0.1, 0.15) is 6.92 Å². The van der Waals surface area contributed by atoms with Gasteiger partial charge in [0.15, 0.2) is 6.20 Å². The van der Waals surface area contributed by atoms with Gasteiger partial charge >= 0.3 is 5.69 Å². The van der Waals surface area contributed by atoms with Gasteiger partial charge in [-0.3, -0.25) is 15.4 Å². The number of hydrogen-bond acceptors (Lipinski definition) is 4. The standard InChI is InChI=1S/C9H13N3O2S/c1-2-15-6-5-10-9-4-3-8(7-11-9)12(13)14/h3-4,7H,2,5-6H2,1H3,(H,10,11)/p+1. The summed E-state index contributed by atoms with van der Waals surface area (Å²) in [6.45, 7) is 2.97. The van der Waals surface area contributed by atoms with Crippen molar-refractivity contribution in [3.8, 4) is 0 Å². The Labute approximate surface area is 92.4 Å². The summed E-state index contributed by atoms with van der Waals surface area (Å²) < 4.78 is 0. The molecule has 15 heavy (non-hydrogen) atoms. The lowest BCUT2D eigenvalue weighted by atomic mass is 10.4. The van der Waals surface area contributed by atoms with Crippen molar-refractivity contribution in [1.29, 1.82) is 0 Å². The normalized spacial score (nSPS) is 9.93. The molecule has 2 N–H and O–H groups in total. The van der Waals surface area contributed by atoms with E-state index in [0.717, 1.165) is 23.9 Å². The Morgan fingerprint density at radius 2 is 2.40 bits per heavy atom. The number of nitrogens with zero attached hydrogens (tertiary/aromatic N) is 1. The highest BCUT2D eigenvalue weighted by Crippen LogP contribution is 2.08. The topological polar surface area (TPSA) is 69.3 Å². The number of thioether (sulfide) groups is 1. The molecule has 0 saturated heterocycles. The fourth-order valence-electron chi connectivity index (χ4n) is 1.04. The van der Waals surface area contributed by atoms with Gasteiger partial charge in [0.2, 0.25) is 0 Å². The second kappa shape index (κ2) is 6.23. The maximum atomic E-state index is 10.4. The monoisotopic (exact) mass is 228 g/mol. The van der Waals surface area contributed by atoms with Gasteiger partial charge in [-0.05, 0) is 5.75 Å². The van der Waals surface area contributed by atoms with Crippen molar-refractivity contribution in [2.75, 3.05) is 23.4 Å². The van der Waals surface area contributed by atoms with E-state index in [1.807, 2.05) is 11.8 Å². The first kappa shape index (κ1) is 11.8. The van der Waals surface area contributed by atoms with Crippen LogP contribution in [0.25, 0.3) is 0 Å². The predicted octanol–water partition coefficient (Wildman–Crippen LogP) is 1.57. The van der Waals surface area contributed by atoms with Crippen LogP contribution in [-0.4, -0.2) is 23.0 Å². The smallest absolute Gasteiger partial charge is 0.274 e. The number of aromatic nitrogens is 1. The third-order valence-electron chi connectivity index (χ3n) is 1.77. The second-order valence-electron chi connectivity index (χ2n) is 2.84. The Morgan fingerprint density at radius 1 is 1.60 bits per heavy atom. The summed E-state index contributed by atoms with van der Waals surface area (Å²) in [5.74, 6) is 2.93. The molecule has 0 aliphatic carbocycles. The number of hydrogen-bond donors (Lipinski definition) is 1. The van der Waals surface area contributed by atoms with E-state index < -0.39 is 4.92 Å². The van der Waals surface area contributed by atoms with Gasteiger partial charge < -0.3 is 0 Å². The maximum absolute atomic E-state index is 10.4. The maximum Gasteiger partial charge on any atom is 0.308 e. The third-order valence-corrected chi connectivity index (χ3v) is 2.67. The molecule has 0 bridgehead atoms. The molecule has 0 spiro atoms. The lowest BCUT2D eigenvalue weighted by Crippen LogP contribution is -2.15. The minimum absolute atomic E-state index is 0.0727. The molecule has 0 fully saturated rings. The van der Waals surface area contributed by atoms with Gasteiger partial charge in [-0.1, -0.05) is 6.92 Å². The summed E-state index contributed by atoms with van der Waals surface area (Å²) >= 11 is 1.85. The number of nitrogens with one attached hydrogen (secondary N) is 2. The first-order valence-corrected chi connectivity index (χ1v) is 5.87. The minimum Gasteiger partial charge on any atom is -0.274 e. The van der Waals surface area contributed by atoms with E-state index in [0.29, 0.717) is 0 Å². The molecule has 0 aliphatic heterocycles. The zero-order chi connectivity index (χ0) is 11.1. The first-order valence-electron chi connectivity index (χ1n) is 4.71. The van der Waals surface area contributed by atoms with Crippen molar-refractivity contribution in [1.82, 2.24) is 0 Å². The number of anilines is 1. The van der Waals surface area contributed by atoms with E-state index in [2.05, 4.69) is 17.2 Å². The van der Waals surface area contributed by atoms with Crippen LogP contribution < -0.4 is 10.3 Å². The average molecular weight is 228 g/mol. The lowest BCUT2D eigenvalue weighted by molar-refractivity contribution is -0.413. The highest BCUT2D eigenvalue weighted by atomic mass is 32.2. The van der Waals surface area contributed by atoms with E-state index >= 15 is 0 Å². The largest absolute Gasteiger partial charge is 0.308 e. The van der Waals surface area contributed by atoms with Crippen molar-refractivity contribution in [2.24, 2.45) is 0 Å². The van der Waals surface area contributed by atoms with Crippen LogP contribution in [0.4, 0.5) is 11.5 Å². The third kappa shape index (κ3) is 4.16. The van der Waals surface area contributed by atoms with Gasteiger partial charge in [-0.15, -0.1) is 0 Å². The number of H-pyrrole nitrogens is 1. The molecule has 0 unspecified atom stereocenters. The molecule has 1 aromatic rings. The highest BCUT2D eigenvalue weighted by molar-refractivity contribution is 7.99. The molecule has 0 aliphatic rings. The van der Waals surface area contributed by atoms with Crippen LogP contribution in [0.2, 0.25) is 0 Å². The Bertz CT molecular complexity index is 316. The average Bonchev–Trinajstić information content (AvgIpc) is 2.25. The first-order chi connectivity index (χ1) is 7.24. The van der Waals surface area contributed by atoms with Gasteiger partial charge in [0.05, 0.1) is 11.5 Å². The molecule has 0 radical (unpaired) electrons. The van der Waals surface area contributed by atoms with Crippen molar-refractivity contribution >= 4 is 23.3 Å². The van der Waals surface area contributed by atoms with Crippen LogP contribution in [0, 0.1) is 10.1 Å². The van der Waals surface area contributed by atoms with Crippen LogP contribution in [0.15, 0.2) is 18.3 Å². The Hall–Kier alpha value is -1.30. The fraction of sp³-hybridized carbons (Fsp3) is 0.444. The number of rotatable bonds is 6. The molecule has 5 nitrogen and oxygen atoms in total. The van der Waals surface area contributed by atoms with E-state index in [1.165, 1.54) is 12.3 Å². The molecule has 1 rings (SSSR count). The van der Waals surface area contributed by atoms with Gasteiger partial charge in [0.1, 0.15) is 0 Å².